The van der Waals surface area contributed by atoms with E-state index in [2.05, 4.69) is 13.8 Å². The van der Waals surface area contributed by atoms with Gasteiger partial charge in [0.2, 0.25) is 0 Å². The van der Waals surface area contributed by atoms with E-state index in [1.165, 1.54) is 5.56 Å². The molecule has 1 aliphatic heterocycles. The van der Waals surface area contributed by atoms with E-state index in [0.29, 0.717) is 11.4 Å². The predicted molar refractivity (Wildman–Crippen MR) is 73.4 cm³/mol. The second-order valence-electron chi connectivity index (χ2n) is 5.91. The van der Waals surface area contributed by atoms with Crippen molar-refractivity contribution in [2.45, 2.75) is 38.0 Å². The summed E-state index contributed by atoms with van der Waals surface area (Å²) in [6, 6.07) is 5.74. The number of hydrogen-bond donors (Lipinski definition) is 1. The van der Waals surface area contributed by atoms with Gasteiger partial charge in [-0.3, -0.25) is 0 Å². The summed E-state index contributed by atoms with van der Waals surface area (Å²) in [6.45, 7) is 4.88. The largest absolute Gasteiger partial charge is 0.330 e. The van der Waals surface area contributed by atoms with Crippen LogP contribution in [0.25, 0.3) is 0 Å². The van der Waals surface area contributed by atoms with E-state index in [1.54, 1.807) is 6.07 Å². The van der Waals surface area contributed by atoms with Crippen molar-refractivity contribution in [3.8, 4) is 0 Å². The first-order valence-electron chi connectivity index (χ1n) is 6.39. The van der Waals surface area contributed by atoms with E-state index in [9.17, 15) is 8.42 Å². The Morgan fingerprint density at radius 2 is 2.06 bits per heavy atom. The van der Waals surface area contributed by atoms with Crippen LogP contribution in [0, 0.1) is 5.41 Å². The topological polar surface area (TPSA) is 60.2 Å². The Bertz CT molecular complexity index is 547. The van der Waals surface area contributed by atoms with Crippen LogP contribution >= 0.6 is 0 Å². The fourth-order valence-electron chi connectivity index (χ4n) is 2.43. The van der Waals surface area contributed by atoms with Gasteiger partial charge in [-0.15, -0.1) is 0 Å². The van der Waals surface area contributed by atoms with Crippen molar-refractivity contribution < 1.29 is 8.42 Å². The zero-order valence-corrected chi connectivity index (χ0v) is 11.9. The Hall–Kier alpha value is -0.870. The van der Waals surface area contributed by atoms with Gasteiger partial charge < -0.3 is 5.73 Å². The van der Waals surface area contributed by atoms with Crippen LogP contribution in [0.4, 0.5) is 0 Å². The molecular weight excluding hydrogens is 246 g/mol. The number of nitrogens with two attached hydrogens (primary N) is 1. The highest BCUT2D eigenvalue weighted by molar-refractivity contribution is 7.91. The van der Waals surface area contributed by atoms with Gasteiger partial charge in [-0.25, -0.2) is 8.42 Å². The molecule has 1 aromatic carbocycles. The number of sulfone groups is 1. The van der Waals surface area contributed by atoms with Gasteiger partial charge in [0.15, 0.2) is 9.84 Å². The lowest BCUT2D eigenvalue weighted by molar-refractivity contribution is 0.376. The summed E-state index contributed by atoms with van der Waals surface area (Å²) in [7, 11) is -3.03. The lowest BCUT2D eigenvalue weighted by Crippen LogP contribution is -2.26. The van der Waals surface area contributed by atoms with Crippen molar-refractivity contribution >= 4 is 9.84 Å². The minimum Gasteiger partial charge on any atom is -0.330 e. The second-order valence-corrected chi connectivity index (χ2v) is 7.99. The first-order valence-corrected chi connectivity index (χ1v) is 8.04. The third-order valence-electron chi connectivity index (χ3n) is 3.55. The van der Waals surface area contributed by atoms with E-state index in [-0.39, 0.29) is 11.2 Å². The summed E-state index contributed by atoms with van der Waals surface area (Å²) < 4.78 is 23.8. The highest BCUT2D eigenvalue weighted by Gasteiger charge is 2.24. The molecule has 0 spiro atoms. The minimum atomic E-state index is -3.03. The van der Waals surface area contributed by atoms with Crippen molar-refractivity contribution in [3.05, 3.63) is 29.3 Å². The van der Waals surface area contributed by atoms with Gasteiger partial charge in [0.1, 0.15) is 0 Å². The third-order valence-corrected chi connectivity index (χ3v) is 5.45. The number of hydrogen-bond acceptors (Lipinski definition) is 3. The van der Waals surface area contributed by atoms with Crippen LogP contribution in [0.2, 0.25) is 0 Å². The molecule has 100 valence electrons. The molecule has 3 nitrogen and oxygen atoms in total. The summed E-state index contributed by atoms with van der Waals surface area (Å²) in [5.74, 6) is 0.285. The molecule has 1 aliphatic rings. The van der Waals surface area contributed by atoms with Crippen LogP contribution in [0.5, 0.6) is 0 Å². The summed E-state index contributed by atoms with van der Waals surface area (Å²) in [4.78, 5) is 0.531. The van der Waals surface area contributed by atoms with Crippen LogP contribution in [-0.4, -0.2) is 20.7 Å². The third kappa shape index (κ3) is 2.75. The lowest BCUT2D eigenvalue weighted by Gasteiger charge is -2.24. The molecule has 0 atom stereocenters. The van der Waals surface area contributed by atoms with Crippen LogP contribution < -0.4 is 5.73 Å². The Balaban J connectivity index is 2.34. The van der Waals surface area contributed by atoms with Crippen molar-refractivity contribution in [1.82, 2.24) is 0 Å². The van der Waals surface area contributed by atoms with Gasteiger partial charge in [0, 0.05) is 0 Å². The molecule has 0 aliphatic carbocycles. The first kappa shape index (κ1) is 13.6. The minimum absolute atomic E-state index is 0.0573. The fraction of sp³-hybridized carbons (Fsp3) is 0.571. The van der Waals surface area contributed by atoms with E-state index >= 15 is 0 Å². The monoisotopic (exact) mass is 267 g/mol. The molecule has 0 amide bonds. The molecule has 1 aromatic rings. The highest BCUT2D eigenvalue weighted by Crippen LogP contribution is 2.28. The first-order chi connectivity index (χ1) is 8.34. The zero-order valence-electron chi connectivity index (χ0n) is 11.1. The Morgan fingerprint density at radius 3 is 2.72 bits per heavy atom. The van der Waals surface area contributed by atoms with Crippen molar-refractivity contribution in [2.24, 2.45) is 11.1 Å². The van der Waals surface area contributed by atoms with Gasteiger partial charge in [-0.05, 0) is 48.4 Å². The normalized spacial score (nSPS) is 18.4. The standard InChI is InChI=1S/C14H21NO2S/c1-14(2,10-15)9-11-5-6-13-12(8-11)4-3-7-18(13,16)17/h5-6,8H,3-4,7,9-10,15H2,1-2H3. The molecule has 2 N–H and O–H groups in total. The molecule has 0 fully saturated rings. The van der Waals surface area contributed by atoms with Crippen molar-refractivity contribution in [1.29, 1.82) is 0 Å². The maximum atomic E-state index is 11.9. The van der Waals surface area contributed by atoms with Gasteiger partial charge >= 0.3 is 0 Å². The molecule has 0 unspecified atom stereocenters. The lowest BCUT2D eigenvalue weighted by atomic mass is 9.85. The molecule has 0 saturated carbocycles. The average molecular weight is 267 g/mol. The molecule has 0 radical (unpaired) electrons. The number of benzene rings is 1. The van der Waals surface area contributed by atoms with Gasteiger partial charge in [-0.2, -0.15) is 0 Å². The maximum Gasteiger partial charge on any atom is 0.178 e. The molecular formula is C14H21NO2S. The van der Waals surface area contributed by atoms with Gasteiger partial charge in [-0.1, -0.05) is 26.0 Å². The van der Waals surface area contributed by atoms with Crippen molar-refractivity contribution in [3.63, 3.8) is 0 Å². The molecule has 18 heavy (non-hydrogen) atoms. The Kier molecular flexibility index (Phi) is 3.52. The maximum absolute atomic E-state index is 11.9. The van der Waals surface area contributed by atoms with Crippen LogP contribution in [0.3, 0.4) is 0 Å². The summed E-state index contributed by atoms with van der Waals surface area (Å²) in [5.41, 5.74) is 7.96. The van der Waals surface area contributed by atoms with E-state index in [0.717, 1.165) is 24.8 Å². The smallest absolute Gasteiger partial charge is 0.178 e. The SMILES string of the molecule is CC(C)(CN)Cc1ccc2c(c1)CCCS2(=O)=O. The number of fused-ring (bicyclic) bond motifs is 1. The van der Waals surface area contributed by atoms with Crippen LogP contribution in [-0.2, 0) is 22.7 Å². The number of rotatable bonds is 3. The predicted octanol–water partition coefficient (Wildman–Crippen LogP) is 1.93. The zero-order chi connectivity index (χ0) is 13.4. The molecule has 0 saturated heterocycles. The Labute approximate surface area is 109 Å². The molecule has 1 heterocycles. The van der Waals surface area contributed by atoms with E-state index in [1.807, 2.05) is 12.1 Å². The van der Waals surface area contributed by atoms with E-state index < -0.39 is 9.84 Å². The summed E-state index contributed by atoms with van der Waals surface area (Å²) in [5, 5.41) is 0. The van der Waals surface area contributed by atoms with Gasteiger partial charge in [0.05, 0.1) is 10.6 Å². The average Bonchev–Trinajstić information content (AvgIpc) is 2.28. The van der Waals surface area contributed by atoms with E-state index in [4.69, 9.17) is 5.73 Å². The molecule has 0 bridgehead atoms. The number of aryl methyl sites for hydroxylation is 1. The Morgan fingerprint density at radius 1 is 1.33 bits per heavy atom. The summed E-state index contributed by atoms with van der Waals surface area (Å²) >= 11 is 0. The van der Waals surface area contributed by atoms with Crippen LogP contribution in [0.15, 0.2) is 23.1 Å². The molecule has 0 aromatic heterocycles. The van der Waals surface area contributed by atoms with Crippen LogP contribution in [0.1, 0.15) is 31.4 Å². The van der Waals surface area contributed by atoms with Gasteiger partial charge in [0.25, 0.3) is 0 Å². The second kappa shape index (κ2) is 4.67. The molecule has 4 heteroatoms. The van der Waals surface area contributed by atoms with Crippen molar-refractivity contribution in [2.75, 3.05) is 12.3 Å². The highest BCUT2D eigenvalue weighted by atomic mass is 32.2. The summed E-state index contributed by atoms with van der Waals surface area (Å²) in [6.07, 6.45) is 2.49. The quantitative estimate of drug-likeness (QED) is 0.910. The fourth-order valence-corrected chi connectivity index (χ4v) is 4.01. The molecule has 2 rings (SSSR count).